The number of aromatic nitrogens is 2. The lowest BCUT2D eigenvalue weighted by atomic mass is 9.81. The van der Waals surface area contributed by atoms with Gasteiger partial charge in [0, 0.05) is 32.5 Å². The molecule has 0 saturated heterocycles. The van der Waals surface area contributed by atoms with Crippen molar-refractivity contribution in [1.82, 2.24) is 7.18 Å². The Hall–Kier alpha value is -3.51. The summed E-state index contributed by atoms with van der Waals surface area (Å²) in [7, 11) is 0. The van der Waals surface area contributed by atoms with Crippen LogP contribution in [0.1, 0.15) is 25.0 Å². The zero-order valence-corrected chi connectivity index (χ0v) is 21.3. The smallest absolute Gasteiger partial charge is 0.161 e. The highest BCUT2D eigenvalue weighted by Crippen LogP contribution is 2.55. The van der Waals surface area contributed by atoms with Gasteiger partial charge in [0.25, 0.3) is 0 Å². The topological polar surface area (TPSA) is 22.5 Å². The van der Waals surface area contributed by atoms with Crippen LogP contribution in [0.3, 0.4) is 0 Å². The molecule has 0 bridgehead atoms. The van der Waals surface area contributed by atoms with E-state index in [-0.39, 0.29) is 5.41 Å². The van der Waals surface area contributed by atoms with Crippen LogP contribution < -0.4 is 0 Å². The first-order chi connectivity index (χ1) is 17.1. The van der Waals surface area contributed by atoms with Crippen molar-refractivity contribution >= 4 is 83.0 Å². The molecule has 3 nitrogen and oxygen atoms in total. The van der Waals surface area contributed by atoms with Gasteiger partial charge in [-0.15, -0.1) is 0 Å². The van der Waals surface area contributed by atoms with Gasteiger partial charge in [0.05, 0.1) is 45.1 Å². The monoisotopic (exact) mass is 562 g/mol. The summed E-state index contributed by atoms with van der Waals surface area (Å²) in [5.74, 6) is 0. The van der Waals surface area contributed by atoms with E-state index in [9.17, 15) is 0 Å². The van der Waals surface area contributed by atoms with Crippen LogP contribution in [0.5, 0.6) is 0 Å². The first kappa shape index (κ1) is 18.8. The third kappa shape index (κ3) is 1.92. The largest absolute Gasteiger partial charge is 0.454 e. The van der Waals surface area contributed by atoms with Crippen LogP contribution in [0.2, 0.25) is 0 Å². The van der Waals surface area contributed by atoms with Gasteiger partial charge in [0.1, 0.15) is 11.1 Å². The average molecular weight is 562 g/mol. The van der Waals surface area contributed by atoms with Crippen molar-refractivity contribution in [2.75, 3.05) is 0 Å². The zero-order chi connectivity index (χ0) is 23.2. The summed E-state index contributed by atoms with van der Waals surface area (Å²) in [5, 5.41) is 6.35. The van der Waals surface area contributed by atoms with Gasteiger partial charge in [-0.05, 0) is 46.8 Å². The minimum atomic E-state index is -0.135. The van der Waals surface area contributed by atoms with Crippen molar-refractivity contribution in [3.63, 3.8) is 0 Å². The van der Waals surface area contributed by atoms with Crippen LogP contribution in [0.25, 0.3) is 71.4 Å². The molecule has 4 aromatic carbocycles. The first-order valence-corrected chi connectivity index (χ1v) is 13.0. The van der Waals surface area contributed by atoms with Crippen molar-refractivity contribution in [1.29, 1.82) is 0 Å². The zero-order valence-electron chi connectivity index (χ0n) is 19.2. The van der Waals surface area contributed by atoms with Crippen LogP contribution in [0.15, 0.2) is 83.3 Å². The van der Waals surface area contributed by atoms with E-state index in [4.69, 9.17) is 4.42 Å². The van der Waals surface area contributed by atoms with Crippen LogP contribution in [-0.2, 0) is 5.41 Å². The first-order valence-electron chi connectivity index (χ1n) is 12.0. The predicted octanol–water partition coefficient (Wildman–Crippen LogP) is 9.04. The fourth-order valence-corrected chi connectivity index (χ4v) is 7.78. The molecule has 0 fully saturated rings. The fraction of sp³-hybridized carbons (Fsp3) is 0.0968. The molecule has 35 heavy (non-hydrogen) atoms. The van der Waals surface area contributed by atoms with Crippen LogP contribution in [0.4, 0.5) is 0 Å². The van der Waals surface area contributed by atoms with E-state index in [0.717, 1.165) is 16.6 Å². The van der Waals surface area contributed by atoms with Gasteiger partial charge < -0.3 is 8.82 Å². The van der Waals surface area contributed by atoms with Gasteiger partial charge in [0.2, 0.25) is 0 Å². The van der Waals surface area contributed by atoms with Gasteiger partial charge in [-0.2, -0.15) is 0 Å². The Balaban J connectivity index is 1.77. The molecule has 0 amide bonds. The normalized spacial score (nSPS) is 14.9. The van der Waals surface area contributed by atoms with Gasteiger partial charge in [0.15, 0.2) is 5.58 Å². The number of furan rings is 1. The Bertz CT molecular complexity index is 2200. The summed E-state index contributed by atoms with van der Waals surface area (Å²) in [6, 6.07) is 28.7. The number of rotatable bonds is 0. The summed E-state index contributed by atoms with van der Waals surface area (Å²) in [5.41, 5.74) is 12.1. The highest BCUT2D eigenvalue weighted by atomic mass is 127. The van der Waals surface area contributed by atoms with E-state index >= 15 is 0 Å². The summed E-state index contributed by atoms with van der Waals surface area (Å²) in [6.07, 6.45) is 0. The fourth-order valence-electron chi connectivity index (χ4n) is 6.98. The second-order valence-electron chi connectivity index (χ2n) is 10.3. The maximum absolute atomic E-state index is 6.57. The van der Waals surface area contributed by atoms with E-state index in [0.29, 0.717) is 0 Å². The van der Waals surface area contributed by atoms with Gasteiger partial charge in [-0.3, -0.25) is 2.78 Å². The van der Waals surface area contributed by atoms with E-state index < -0.39 is 0 Å². The second kappa shape index (κ2) is 5.82. The molecule has 4 aromatic heterocycles. The number of halogens is 1. The minimum absolute atomic E-state index is 0.135. The summed E-state index contributed by atoms with van der Waals surface area (Å²) in [4.78, 5) is 0. The van der Waals surface area contributed by atoms with Crippen LogP contribution in [0, 0.1) is 0 Å². The third-order valence-corrected chi connectivity index (χ3v) is 9.38. The van der Waals surface area contributed by atoms with Crippen molar-refractivity contribution in [2.24, 2.45) is 0 Å². The molecule has 0 spiro atoms. The van der Waals surface area contributed by atoms with E-state index in [1.165, 1.54) is 66.0 Å². The third-order valence-electron chi connectivity index (χ3n) is 8.34. The van der Waals surface area contributed by atoms with E-state index in [1.54, 1.807) is 0 Å². The van der Waals surface area contributed by atoms with E-state index in [2.05, 4.69) is 123 Å². The summed E-state index contributed by atoms with van der Waals surface area (Å²) in [6.45, 7) is 4.76. The van der Waals surface area contributed by atoms with Crippen molar-refractivity contribution in [3.05, 3.63) is 90.0 Å². The molecule has 0 atom stereocenters. The predicted molar refractivity (Wildman–Crippen MR) is 153 cm³/mol. The lowest BCUT2D eigenvalue weighted by molar-refractivity contribution is 0.665. The number of fused-ring (bicyclic) bond motifs is 10. The Morgan fingerprint density at radius 2 is 1.49 bits per heavy atom. The molecule has 1 aliphatic rings. The molecule has 4 heteroatoms. The number of hydrogen-bond donors (Lipinski definition) is 0. The second-order valence-corrected chi connectivity index (χ2v) is 11.3. The Morgan fingerprint density at radius 3 is 2.40 bits per heavy atom. The number of nitrogens with zero attached hydrogens (tertiary/aromatic N) is 2. The summed E-state index contributed by atoms with van der Waals surface area (Å²) >= 11 is 2.46. The van der Waals surface area contributed by atoms with Crippen molar-refractivity contribution in [2.45, 2.75) is 19.3 Å². The number of para-hydroxylation sites is 1. The molecule has 8 aromatic rings. The minimum Gasteiger partial charge on any atom is -0.454 e. The maximum Gasteiger partial charge on any atom is 0.161 e. The lowest BCUT2D eigenvalue weighted by Gasteiger charge is -2.22. The van der Waals surface area contributed by atoms with Crippen molar-refractivity contribution < 1.29 is 4.42 Å². The van der Waals surface area contributed by atoms with Crippen LogP contribution in [-0.4, -0.2) is 7.18 Å². The van der Waals surface area contributed by atoms with Gasteiger partial charge in [-0.1, -0.05) is 62.4 Å². The quantitative estimate of drug-likeness (QED) is 0.169. The van der Waals surface area contributed by atoms with Crippen molar-refractivity contribution in [3.8, 4) is 11.3 Å². The van der Waals surface area contributed by atoms with Gasteiger partial charge in [-0.25, -0.2) is 0 Å². The SMILES string of the molecule is CC1(C)c2ccccc2-c2c1c1cccc3c1c1c(ccc4c5oc6ccccc6c5n2c41)n3I. The molecule has 0 N–H and O–H groups in total. The molecule has 0 radical (unpaired) electrons. The highest BCUT2D eigenvalue weighted by Gasteiger charge is 2.40. The number of hydrogen-bond acceptors (Lipinski definition) is 1. The molecule has 0 saturated carbocycles. The Morgan fingerprint density at radius 1 is 0.714 bits per heavy atom. The summed E-state index contributed by atoms with van der Waals surface area (Å²) < 4.78 is 11.4. The molecule has 166 valence electrons. The van der Waals surface area contributed by atoms with Gasteiger partial charge >= 0.3 is 0 Å². The Labute approximate surface area is 214 Å². The number of benzene rings is 4. The molecule has 4 heterocycles. The molecule has 9 rings (SSSR count). The van der Waals surface area contributed by atoms with E-state index in [1.807, 2.05) is 0 Å². The standard InChI is InChI=1S/C31H19IN2O/c1-31(2)20-11-5-3-8-16(20)28-26(31)18-10-7-12-21-24(18)25-22(34(21)32)15-14-19-27(25)33(28)29-17-9-4-6-13-23(17)35-30(19)29/h3-15H,1-2H3. The molecular formula is C31H19IN2O. The Kier molecular flexibility index (Phi) is 3.12. The average Bonchev–Trinajstić information content (AvgIpc) is 3.52. The highest BCUT2D eigenvalue weighted by molar-refractivity contribution is 14.1. The van der Waals surface area contributed by atoms with Crippen LogP contribution >= 0.6 is 22.9 Å². The molecule has 0 aliphatic heterocycles. The lowest BCUT2D eigenvalue weighted by Crippen LogP contribution is -2.15. The molecule has 1 aliphatic carbocycles. The molecular weight excluding hydrogens is 543 g/mol. The maximum atomic E-state index is 6.57. The molecule has 0 unspecified atom stereocenters.